The molecule has 0 radical (unpaired) electrons. The Hall–Kier alpha value is -1.66. The van der Waals surface area contributed by atoms with Crippen molar-refractivity contribution >= 4 is 40.3 Å². The van der Waals surface area contributed by atoms with Crippen molar-refractivity contribution in [3.8, 4) is 11.3 Å². The van der Waals surface area contributed by atoms with Crippen molar-refractivity contribution in [3.05, 3.63) is 61.9 Å². The van der Waals surface area contributed by atoms with Crippen LogP contribution < -0.4 is 5.73 Å². The van der Waals surface area contributed by atoms with Gasteiger partial charge in [0, 0.05) is 28.4 Å². The van der Waals surface area contributed by atoms with E-state index in [1.807, 2.05) is 35.0 Å². The van der Waals surface area contributed by atoms with E-state index in [1.165, 1.54) is 4.88 Å². The van der Waals surface area contributed by atoms with Crippen LogP contribution in [0.2, 0.25) is 10.0 Å². The van der Waals surface area contributed by atoms with Crippen LogP contribution in [0.15, 0.2) is 36.5 Å². The number of hydrogen-bond donors (Lipinski definition) is 1. The molecule has 0 saturated carbocycles. The standard InChI is InChI=1S/C21H21Cl2N3OS/c22-15-4-1-3-13(8-15)7-14(11-24)9-18(27)20-10-16-19(28-20)5-2-6-26-21(16)17(23)12-25-26/h1,3-4,8,10,12,14H,2,5-7,9,11,24H2/t14-/m1/s1. The normalized spacial score (nSPS) is 14.2. The Balaban J connectivity index is 1.54. The van der Waals surface area contributed by atoms with Crippen molar-refractivity contribution in [2.24, 2.45) is 11.7 Å². The van der Waals surface area contributed by atoms with E-state index in [4.69, 9.17) is 28.9 Å². The summed E-state index contributed by atoms with van der Waals surface area (Å²) in [4.78, 5) is 15.0. The summed E-state index contributed by atoms with van der Waals surface area (Å²) in [6.45, 7) is 1.31. The first kappa shape index (κ1) is 19.6. The number of ketones is 1. The number of Topliss-reactive ketones (excluding diaryl/α,β-unsaturated/α-hetero) is 1. The fourth-order valence-electron chi connectivity index (χ4n) is 3.74. The van der Waals surface area contributed by atoms with Crippen LogP contribution in [0.4, 0.5) is 0 Å². The van der Waals surface area contributed by atoms with E-state index in [9.17, 15) is 4.79 Å². The van der Waals surface area contributed by atoms with E-state index >= 15 is 0 Å². The van der Waals surface area contributed by atoms with Gasteiger partial charge in [-0.1, -0.05) is 35.3 Å². The van der Waals surface area contributed by atoms with Crippen LogP contribution in [-0.2, 0) is 19.4 Å². The second kappa shape index (κ2) is 8.37. The number of hydrogen-bond acceptors (Lipinski definition) is 4. The van der Waals surface area contributed by atoms with E-state index in [0.717, 1.165) is 47.5 Å². The average Bonchev–Trinajstić information content (AvgIpc) is 3.20. The highest BCUT2D eigenvalue weighted by molar-refractivity contribution is 7.14. The number of halogens is 2. The number of nitrogens with zero attached hydrogens (tertiary/aromatic N) is 2. The predicted octanol–water partition coefficient (Wildman–Crippen LogP) is 5.26. The van der Waals surface area contributed by atoms with Gasteiger partial charge in [-0.3, -0.25) is 9.48 Å². The Morgan fingerprint density at radius 3 is 2.96 bits per heavy atom. The molecule has 28 heavy (non-hydrogen) atoms. The Morgan fingerprint density at radius 2 is 2.18 bits per heavy atom. The molecule has 7 heteroatoms. The molecular formula is C21H21Cl2N3OS. The lowest BCUT2D eigenvalue weighted by Crippen LogP contribution is -2.20. The van der Waals surface area contributed by atoms with Crippen LogP contribution in [0.5, 0.6) is 0 Å². The maximum Gasteiger partial charge on any atom is 0.173 e. The molecule has 0 amide bonds. The van der Waals surface area contributed by atoms with Gasteiger partial charge in [0.25, 0.3) is 0 Å². The largest absolute Gasteiger partial charge is 0.330 e. The highest BCUT2D eigenvalue weighted by Crippen LogP contribution is 2.39. The van der Waals surface area contributed by atoms with Crippen molar-refractivity contribution in [3.63, 3.8) is 0 Å². The summed E-state index contributed by atoms with van der Waals surface area (Å²) in [7, 11) is 0. The smallest absolute Gasteiger partial charge is 0.173 e. The van der Waals surface area contributed by atoms with Crippen molar-refractivity contribution in [2.75, 3.05) is 6.54 Å². The lowest BCUT2D eigenvalue weighted by molar-refractivity contribution is 0.0966. The first-order chi connectivity index (χ1) is 13.5. The summed E-state index contributed by atoms with van der Waals surface area (Å²) in [5.74, 6) is 0.222. The van der Waals surface area contributed by atoms with Crippen molar-refractivity contribution in [1.29, 1.82) is 0 Å². The number of carbonyl (C=O) groups excluding carboxylic acids is 1. The first-order valence-corrected chi connectivity index (χ1v) is 10.9. The van der Waals surface area contributed by atoms with E-state index in [2.05, 4.69) is 5.10 Å². The van der Waals surface area contributed by atoms with E-state index in [1.54, 1.807) is 17.5 Å². The summed E-state index contributed by atoms with van der Waals surface area (Å²) in [6, 6.07) is 9.72. The average molecular weight is 434 g/mol. The molecule has 0 aliphatic carbocycles. The third-order valence-electron chi connectivity index (χ3n) is 5.13. The summed E-state index contributed by atoms with van der Waals surface area (Å²) >= 11 is 14.0. The monoisotopic (exact) mass is 433 g/mol. The maximum absolute atomic E-state index is 13.0. The zero-order valence-corrected chi connectivity index (χ0v) is 17.7. The number of carbonyl (C=O) groups is 1. The quantitative estimate of drug-likeness (QED) is 0.539. The van der Waals surface area contributed by atoms with Crippen LogP contribution in [-0.4, -0.2) is 22.1 Å². The number of benzene rings is 1. The van der Waals surface area contributed by atoms with Crippen molar-refractivity contribution in [1.82, 2.24) is 9.78 Å². The summed E-state index contributed by atoms with van der Waals surface area (Å²) < 4.78 is 1.94. The van der Waals surface area contributed by atoms with E-state index in [-0.39, 0.29) is 11.7 Å². The lowest BCUT2D eigenvalue weighted by atomic mass is 9.94. The third-order valence-corrected chi connectivity index (χ3v) is 6.88. The fourth-order valence-corrected chi connectivity index (χ4v) is 5.35. The summed E-state index contributed by atoms with van der Waals surface area (Å²) in [5.41, 5.74) is 9.04. The fraction of sp³-hybridized carbons (Fsp3) is 0.333. The molecule has 1 aliphatic heterocycles. The Bertz CT molecular complexity index is 1010. The van der Waals surface area contributed by atoms with Crippen LogP contribution in [0.3, 0.4) is 0 Å². The zero-order valence-electron chi connectivity index (χ0n) is 15.3. The molecule has 146 valence electrons. The Kier molecular flexibility index (Phi) is 5.88. The molecule has 4 nitrogen and oxygen atoms in total. The van der Waals surface area contributed by atoms with E-state index in [0.29, 0.717) is 23.0 Å². The minimum absolute atomic E-state index is 0.0852. The predicted molar refractivity (Wildman–Crippen MR) is 116 cm³/mol. The van der Waals surface area contributed by atoms with Crippen LogP contribution >= 0.6 is 34.5 Å². The molecule has 3 aromatic rings. The molecule has 0 fully saturated rings. The molecule has 2 aromatic heterocycles. The van der Waals surface area contributed by atoms with Crippen LogP contribution in [0.1, 0.15) is 33.0 Å². The molecule has 3 heterocycles. The second-order valence-corrected chi connectivity index (χ2v) is 9.16. The minimum atomic E-state index is 0.0852. The second-order valence-electron chi connectivity index (χ2n) is 7.18. The number of aryl methyl sites for hydroxylation is 2. The molecule has 1 aliphatic rings. The third kappa shape index (κ3) is 4.03. The van der Waals surface area contributed by atoms with Gasteiger partial charge in [0.15, 0.2) is 5.78 Å². The highest BCUT2D eigenvalue weighted by Gasteiger charge is 2.24. The molecule has 4 rings (SSSR count). The number of fused-ring (bicyclic) bond motifs is 3. The van der Waals surface area contributed by atoms with Crippen LogP contribution in [0.25, 0.3) is 11.3 Å². The molecule has 1 aromatic carbocycles. The number of nitrogens with two attached hydrogens (primary N) is 1. The van der Waals surface area contributed by atoms with Gasteiger partial charge < -0.3 is 5.73 Å². The first-order valence-electron chi connectivity index (χ1n) is 9.37. The lowest BCUT2D eigenvalue weighted by Gasteiger charge is -2.13. The molecule has 0 bridgehead atoms. The van der Waals surface area contributed by atoms with Gasteiger partial charge in [0.1, 0.15) is 0 Å². The van der Waals surface area contributed by atoms with Crippen molar-refractivity contribution in [2.45, 2.75) is 32.2 Å². The van der Waals surface area contributed by atoms with Gasteiger partial charge in [-0.25, -0.2) is 0 Å². The van der Waals surface area contributed by atoms with Gasteiger partial charge in [0.05, 0.1) is 21.8 Å². The molecule has 2 N–H and O–H groups in total. The zero-order chi connectivity index (χ0) is 19.7. The summed E-state index contributed by atoms with van der Waals surface area (Å²) in [6.07, 6.45) is 4.78. The SMILES string of the molecule is NC[C@@H](CC(=O)c1cc2c(s1)CCCn1ncc(Cl)c1-2)Cc1cccc(Cl)c1. The van der Waals surface area contributed by atoms with Gasteiger partial charge in [0.2, 0.25) is 0 Å². The number of rotatable bonds is 6. The van der Waals surface area contributed by atoms with Gasteiger partial charge in [-0.15, -0.1) is 11.3 Å². The molecular weight excluding hydrogens is 413 g/mol. The Morgan fingerprint density at radius 1 is 1.32 bits per heavy atom. The number of thiophene rings is 1. The summed E-state index contributed by atoms with van der Waals surface area (Å²) in [5, 5.41) is 5.71. The molecule has 1 atom stereocenters. The molecule has 0 saturated heterocycles. The minimum Gasteiger partial charge on any atom is -0.330 e. The van der Waals surface area contributed by atoms with E-state index < -0.39 is 0 Å². The van der Waals surface area contributed by atoms with Gasteiger partial charge >= 0.3 is 0 Å². The van der Waals surface area contributed by atoms with Crippen molar-refractivity contribution < 1.29 is 4.79 Å². The van der Waals surface area contributed by atoms with Crippen LogP contribution in [0, 0.1) is 5.92 Å². The topological polar surface area (TPSA) is 60.9 Å². The van der Waals surface area contributed by atoms with Gasteiger partial charge in [-0.05, 0) is 55.5 Å². The molecule has 0 unspecified atom stereocenters. The number of aromatic nitrogens is 2. The maximum atomic E-state index is 13.0. The molecule has 0 spiro atoms. The van der Waals surface area contributed by atoms with Gasteiger partial charge in [-0.2, -0.15) is 5.10 Å². The Labute approximate surface area is 178 Å². The highest BCUT2D eigenvalue weighted by atomic mass is 35.5.